The first-order chi connectivity index (χ1) is 4.86. The van der Waals surface area contributed by atoms with Crippen LogP contribution in [0.3, 0.4) is 0 Å². The van der Waals surface area contributed by atoms with Gasteiger partial charge in [-0.3, -0.25) is 0 Å². The highest BCUT2D eigenvalue weighted by molar-refractivity contribution is 7.16. The van der Waals surface area contributed by atoms with Crippen molar-refractivity contribution in [3.63, 3.8) is 0 Å². The van der Waals surface area contributed by atoms with E-state index in [1.54, 1.807) is 11.3 Å². The zero-order valence-electron chi connectivity index (χ0n) is 5.02. The Kier molecular flexibility index (Phi) is 1.40. The molecule has 0 aliphatic carbocycles. The topological polar surface area (TPSA) is 0 Å². The van der Waals surface area contributed by atoms with E-state index in [-0.39, 0.29) is 0 Å². The summed E-state index contributed by atoms with van der Waals surface area (Å²) >= 11 is 7.30. The maximum Gasteiger partial charge on any atom is 0.0541 e. The van der Waals surface area contributed by atoms with Crippen LogP contribution in [0.25, 0.3) is 10.1 Å². The minimum Gasteiger partial charge on any atom is -0.134 e. The lowest BCUT2D eigenvalue weighted by Crippen LogP contribution is -1.61. The van der Waals surface area contributed by atoms with Crippen molar-refractivity contribution >= 4 is 33.0 Å². The largest absolute Gasteiger partial charge is 0.134 e. The molecule has 1 heterocycles. The van der Waals surface area contributed by atoms with E-state index in [0.29, 0.717) is 0 Å². The molecular formula is C8H3ClS. The normalized spacial score (nSPS) is 10.5. The molecule has 2 aromatic rings. The van der Waals surface area contributed by atoms with E-state index in [2.05, 4.69) is 11.4 Å². The average Bonchev–Trinajstić information content (AvgIpc) is 2.33. The van der Waals surface area contributed by atoms with Gasteiger partial charge in [0.1, 0.15) is 0 Å². The third kappa shape index (κ3) is 0.917. The molecule has 0 amide bonds. The Morgan fingerprint density at radius 3 is 3.20 bits per heavy atom. The van der Waals surface area contributed by atoms with Crippen molar-refractivity contribution < 1.29 is 0 Å². The number of fused-ring (bicyclic) bond motifs is 1. The van der Waals surface area contributed by atoms with Crippen LogP contribution in [0.15, 0.2) is 18.2 Å². The average molecular weight is 167 g/mol. The number of benzene rings is 1. The van der Waals surface area contributed by atoms with Gasteiger partial charge in [0.2, 0.25) is 0 Å². The van der Waals surface area contributed by atoms with E-state index < -0.39 is 0 Å². The SMILES string of the molecule is Clc1ccc2s[c][c]c2c1. The van der Waals surface area contributed by atoms with Crippen molar-refractivity contribution in [1.82, 2.24) is 0 Å². The van der Waals surface area contributed by atoms with Gasteiger partial charge in [-0.1, -0.05) is 11.6 Å². The summed E-state index contributed by atoms with van der Waals surface area (Å²) in [4.78, 5) is 0. The Balaban J connectivity index is 2.86. The molecule has 0 saturated carbocycles. The Bertz CT molecular complexity index is 351. The smallest absolute Gasteiger partial charge is 0.0541 e. The van der Waals surface area contributed by atoms with Crippen LogP contribution >= 0.6 is 22.9 Å². The molecule has 1 aromatic heterocycles. The second-order valence-electron chi connectivity index (χ2n) is 1.97. The second kappa shape index (κ2) is 2.26. The minimum atomic E-state index is 0.760. The third-order valence-corrected chi connectivity index (χ3v) is 2.30. The Morgan fingerprint density at radius 2 is 2.30 bits per heavy atom. The maximum absolute atomic E-state index is 5.75. The summed E-state index contributed by atoms with van der Waals surface area (Å²) in [6, 6.07) is 8.72. The van der Waals surface area contributed by atoms with Gasteiger partial charge in [0.25, 0.3) is 0 Å². The number of rotatable bonds is 0. The van der Waals surface area contributed by atoms with E-state index >= 15 is 0 Å². The van der Waals surface area contributed by atoms with Gasteiger partial charge < -0.3 is 0 Å². The molecule has 10 heavy (non-hydrogen) atoms. The number of halogens is 1. The first-order valence-electron chi connectivity index (χ1n) is 2.84. The monoisotopic (exact) mass is 166 g/mol. The van der Waals surface area contributed by atoms with Gasteiger partial charge in [-0.05, 0) is 18.2 Å². The van der Waals surface area contributed by atoms with Gasteiger partial charge >= 0.3 is 0 Å². The minimum absolute atomic E-state index is 0.760. The van der Waals surface area contributed by atoms with Crippen LogP contribution in [0.1, 0.15) is 0 Å². The zero-order chi connectivity index (χ0) is 6.97. The van der Waals surface area contributed by atoms with Gasteiger partial charge in [0.05, 0.1) is 5.38 Å². The van der Waals surface area contributed by atoms with Gasteiger partial charge in [-0.2, -0.15) is 0 Å². The molecule has 0 unspecified atom stereocenters. The van der Waals surface area contributed by atoms with Crippen molar-refractivity contribution in [2.45, 2.75) is 0 Å². The summed E-state index contributed by atoms with van der Waals surface area (Å²) in [5, 5.41) is 4.74. The first-order valence-corrected chi connectivity index (χ1v) is 4.03. The summed E-state index contributed by atoms with van der Waals surface area (Å²) in [7, 11) is 0. The second-order valence-corrected chi connectivity index (χ2v) is 3.25. The molecule has 0 nitrogen and oxygen atoms in total. The molecule has 2 radical (unpaired) electrons. The molecule has 0 aliphatic heterocycles. The number of thiophene rings is 1. The zero-order valence-corrected chi connectivity index (χ0v) is 6.59. The van der Waals surface area contributed by atoms with Gasteiger partial charge in [-0.15, -0.1) is 11.3 Å². The van der Waals surface area contributed by atoms with Crippen LogP contribution in [-0.2, 0) is 0 Å². The van der Waals surface area contributed by atoms with Crippen molar-refractivity contribution in [2.75, 3.05) is 0 Å². The predicted octanol–water partition coefficient (Wildman–Crippen LogP) is 3.16. The predicted molar refractivity (Wildman–Crippen MR) is 44.5 cm³/mol. The standard InChI is InChI=1S/C8H3ClS/c9-7-1-2-8-6(5-7)3-4-10-8/h1-2,5H. The molecule has 48 valence electrons. The van der Waals surface area contributed by atoms with Gasteiger partial charge in [-0.25, -0.2) is 0 Å². The number of hydrogen-bond donors (Lipinski definition) is 0. The highest BCUT2D eigenvalue weighted by Gasteiger charge is 1.94. The molecule has 0 saturated heterocycles. The quantitative estimate of drug-likeness (QED) is 0.564. The van der Waals surface area contributed by atoms with Gasteiger partial charge in [0.15, 0.2) is 0 Å². The van der Waals surface area contributed by atoms with Crippen LogP contribution in [0.2, 0.25) is 5.02 Å². The molecule has 0 N–H and O–H groups in total. The summed E-state index contributed by atoms with van der Waals surface area (Å²) in [6.07, 6.45) is 0. The van der Waals surface area contributed by atoms with E-state index in [0.717, 1.165) is 10.4 Å². The molecule has 0 spiro atoms. The summed E-state index contributed by atoms with van der Waals surface area (Å²) in [5.41, 5.74) is 0. The molecule has 0 fully saturated rings. The van der Waals surface area contributed by atoms with Crippen LogP contribution in [0.5, 0.6) is 0 Å². The molecule has 2 rings (SSSR count). The van der Waals surface area contributed by atoms with Crippen LogP contribution in [0, 0.1) is 11.4 Å². The van der Waals surface area contributed by atoms with Crippen molar-refractivity contribution in [2.24, 2.45) is 0 Å². The van der Waals surface area contributed by atoms with Crippen molar-refractivity contribution in [3.05, 3.63) is 34.7 Å². The van der Waals surface area contributed by atoms with Crippen molar-refractivity contribution in [1.29, 1.82) is 0 Å². The van der Waals surface area contributed by atoms with Crippen molar-refractivity contribution in [3.8, 4) is 0 Å². The lowest BCUT2D eigenvalue weighted by atomic mass is 10.3. The van der Waals surface area contributed by atoms with E-state index in [1.807, 2.05) is 18.2 Å². The van der Waals surface area contributed by atoms with Crippen LogP contribution in [0.4, 0.5) is 0 Å². The molecule has 2 heteroatoms. The van der Waals surface area contributed by atoms with Crippen LogP contribution < -0.4 is 0 Å². The fourth-order valence-electron chi connectivity index (χ4n) is 0.824. The van der Waals surface area contributed by atoms with E-state index in [4.69, 9.17) is 11.6 Å². The Hall–Kier alpha value is -0.530. The maximum atomic E-state index is 5.75. The molecule has 1 aromatic carbocycles. The molecule has 0 atom stereocenters. The fraction of sp³-hybridized carbons (Fsp3) is 0. The lowest BCUT2D eigenvalue weighted by molar-refractivity contribution is 1.84. The van der Waals surface area contributed by atoms with E-state index in [9.17, 15) is 0 Å². The fourth-order valence-corrected chi connectivity index (χ4v) is 1.62. The molecule has 0 bridgehead atoms. The van der Waals surface area contributed by atoms with E-state index in [1.165, 1.54) is 4.70 Å². The highest BCUT2D eigenvalue weighted by Crippen LogP contribution is 2.22. The summed E-state index contributed by atoms with van der Waals surface area (Å²) in [5.74, 6) is 0. The highest BCUT2D eigenvalue weighted by atomic mass is 35.5. The number of hydrogen-bond acceptors (Lipinski definition) is 1. The van der Waals surface area contributed by atoms with Crippen LogP contribution in [-0.4, -0.2) is 0 Å². The molecule has 0 aliphatic rings. The summed E-state index contributed by atoms with van der Waals surface area (Å²) in [6.45, 7) is 0. The molecular weight excluding hydrogens is 164 g/mol. The van der Waals surface area contributed by atoms with Gasteiger partial charge in [0, 0.05) is 21.2 Å². The Labute approximate surface area is 68.1 Å². The summed E-state index contributed by atoms with van der Waals surface area (Å²) < 4.78 is 1.18. The Morgan fingerprint density at radius 1 is 1.40 bits per heavy atom. The first kappa shape index (κ1) is 6.20. The lowest BCUT2D eigenvalue weighted by Gasteiger charge is -1.87. The third-order valence-electron chi connectivity index (χ3n) is 1.29.